The summed E-state index contributed by atoms with van der Waals surface area (Å²) in [6.45, 7) is 0.881. The van der Waals surface area contributed by atoms with Crippen LogP contribution in [0.1, 0.15) is 16.1 Å². The van der Waals surface area contributed by atoms with E-state index in [0.717, 1.165) is 24.5 Å². The molecule has 1 aromatic heterocycles. The predicted octanol–water partition coefficient (Wildman–Crippen LogP) is 1.96. The van der Waals surface area contributed by atoms with E-state index in [1.54, 1.807) is 6.20 Å². The average molecular weight is 255 g/mol. The highest BCUT2D eigenvalue weighted by Crippen LogP contribution is 2.32. The highest BCUT2D eigenvalue weighted by Gasteiger charge is 2.21. The first-order valence-electron chi connectivity index (χ1n) is 6.05. The maximum Gasteiger partial charge on any atom is 0.358 e. The molecular weight excluding hydrogens is 242 g/mol. The third kappa shape index (κ3) is 2.03. The number of esters is 1. The van der Waals surface area contributed by atoms with Gasteiger partial charge < -0.3 is 9.64 Å². The van der Waals surface area contributed by atoms with Gasteiger partial charge in [-0.25, -0.2) is 14.8 Å². The van der Waals surface area contributed by atoms with Gasteiger partial charge in [0.1, 0.15) is 0 Å². The molecule has 2 aromatic rings. The predicted molar refractivity (Wildman–Crippen MR) is 70.5 cm³/mol. The number of aromatic nitrogens is 2. The number of rotatable bonds is 2. The molecule has 5 nitrogen and oxygen atoms in total. The van der Waals surface area contributed by atoms with Crippen molar-refractivity contribution in [3.05, 3.63) is 47.9 Å². The van der Waals surface area contributed by atoms with Gasteiger partial charge in [0.2, 0.25) is 0 Å². The van der Waals surface area contributed by atoms with Crippen LogP contribution in [-0.2, 0) is 11.2 Å². The second kappa shape index (κ2) is 4.68. The Morgan fingerprint density at radius 1 is 1.26 bits per heavy atom. The number of fused-ring (bicyclic) bond motifs is 1. The molecule has 0 bridgehead atoms. The largest absolute Gasteiger partial charge is 0.464 e. The molecule has 0 saturated heterocycles. The van der Waals surface area contributed by atoms with Gasteiger partial charge in [-0.15, -0.1) is 0 Å². The first-order valence-corrected chi connectivity index (χ1v) is 6.05. The van der Waals surface area contributed by atoms with E-state index in [9.17, 15) is 4.79 Å². The van der Waals surface area contributed by atoms with Crippen molar-refractivity contribution in [2.45, 2.75) is 6.42 Å². The second-order valence-corrected chi connectivity index (χ2v) is 4.28. The molecule has 0 atom stereocenters. The van der Waals surface area contributed by atoms with E-state index < -0.39 is 5.97 Å². The van der Waals surface area contributed by atoms with Crippen LogP contribution in [0.4, 0.5) is 11.5 Å². The molecule has 2 heterocycles. The van der Waals surface area contributed by atoms with Crippen molar-refractivity contribution in [1.29, 1.82) is 0 Å². The summed E-state index contributed by atoms with van der Waals surface area (Å²) in [5, 5.41) is 0. The Labute approximate surface area is 110 Å². The van der Waals surface area contributed by atoms with Crippen LogP contribution >= 0.6 is 0 Å². The average Bonchev–Trinajstić information content (AvgIpc) is 2.90. The summed E-state index contributed by atoms with van der Waals surface area (Å²) in [5.74, 6) is 0.276. The van der Waals surface area contributed by atoms with Crippen LogP contribution in [0.15, 0.2) is 36.7 Å². The first-order chi connectivity index (χ1) is 9.29. The molecule has 0 spiro atoms. The summed E-state index contributed by atoms with van der Waals surface area (Å²) < 4.78 is 4.60. The van der Waals surface area contributed by atoms with E-state index in [2.05, 4.69) is 31.7 Å². The zero-order valence-electron chi connectivity index (χ0n) is 10.5. The maximum absolute atomic E-state index is 11.3. The maximum atomic E-state index is 11.3. The SMILES string of the molecule is COC(=O)c1cnc(N2CCc3ccccc32)cn1. The second-order valence-electron chi connectivity index (χ2n) is 4.28. The molecule has 0 unspecified atom stereocenters. The molecule has 0 radical (unpaired) electrons. The Kier molecular flexibility index (Phi) is 2.87. The minimum absolute atomic E-state index is 0.221. The molecule has 0 N–H and O–H groups in total. The van der Waals surface area contributed by atoms with Crippen molar-refractivity contribution in [2.75, 3.05) is 18.6 Å². The lowest BCUT2D eigenvalue weighted by Gasteiger charge is -2.17. The van der Waals surface area contributed by atoms with Crippen molar-refractivity contribution in [3.63, 3.8) is 0 Å². The van der Waals surface area contributed by atoms with Crippen molar-refractivity contribution in [3.8, 4) is 0 Å². The van der Waals surface area contributed by atoms with Crippen molar-refractivity contribution in [2.24, 2.45) is 0 Å². The fourth-order valence-corrected chi connectivity index (χ4v) is 2.25. The molecule has 0 fully saturated rings. The molecule has 0 saturated carbocycles. The lowest BCUT2D eigenvalue weighted by atomic mass is 10.2. The van der Waals surface area contributed by atoms with Gasteiger partial charge >= 0.3 is 5.97 Å². The monoisotopic (exact) mass is 255 g/mol. The Bertz CT molecular complexity index is 610. The minimum atomic E-state index is -0.471. The Hall–Kier alpha value is -2.43. The third-order valence-corrected chi connectivity index (χ3v) is 3.20. The molecule has 3 rings (SSSR count). The smallest absolute Gasteiger partial charge is 0.358 e. The summed E-state index contributed by atoms with van der Waals surface area (Å²) in [6, 6.07) is 8.23. The summed E-state index contributed by atoms with van der Waals surface area (Å²) in [6.07, 6.45) is 4.05. The number of carbonyl (C=O) groups is 1. The normalized spacial score (nSPS) is 13.2. The zero-order valence-corrected chi connectivity index (χ0v) is 10.5. The van der Waals surface area contributed by atoms with E-state index in [-0.39, 0.29) is 5.69 Å². The van der Waals surface area contributed by atoms with Gasteiger partial charge in [-0.3, -0.25) is 0 Å². The number of benzene rings is 1. The highest BCUT2D eigenvalue weighted by atomic mass is 16.5. The van der Waals surface area contributed by atoms with Gasteiger partial charge in [-0.05, 0) is 18.1 Å². The zero-order chi connectivity index (χ0) is 13.2. The lowest BCUT2D eigenvalue weighted by Crippen LogP contribution is -2.16. The number of anilines is 2. The highest BCUT2D eigenvalue weighted by molar-refractivity contribution is 5.86. The summed E-state index contributed by atoms with van der Waals surface area (Å²) in [7, 11) is 1.33. The molecule has 1 aliphatic rings. The fourth-order valence-electron chi connectivity index (χ4n) is 2.25. The van der Waals surface area contributed by atoms with Crippen LogP contribution < -0.4 is 4.90 Å². The fraction of sp³-hybridized carbons (Fsp3) is 0.214. The molecule has 96 valence electrons. The molecular formula is C14H13N3O2. The number of hydrogen-bond donors (Lipinski definition) is 0. The van der Waals surface area contributed by atoms with E-state index in [1.807, 2.05) is 12.1 Å². The van der Waals surface area contributed by atoms with Crippen molar-refractivity contribution >= 4 is 17.5 Å². The van der Waals surface area contributed by atoms with Crippen LogP contribution in [-0.4, -0.2) is 29.6 Å². The molecule has 5 heteroatoms. The van der Waals surface area contributed by atoms with Gasteiger partial charge in [0, 0.05) is 12.2 Å². The number of ether oxygens (including phenoxy) is 1. The van der Waals surface area contributed by atoms with Gasteiger partial charge in [-0.2, -0.15) is 0 Å². The van der Waals surface area contributed by atoms with E-state index >= 15 is 0 Å². The van der Waals surface area contributed by atoms with Crippen LogP contribution in [0, 0.1) is 0 Å². The molecule has 19 heavy (non-hydrogen) atoms. The summed E-state index contributed by atoms with van der Waals surface area (Å²) in [4.78, 5) is 21.8. The Morgan fingerprint density at radius 2 is 2.11 bits per heavy atom. The third-order valence-electron chi connectivity index (χ3n) is 3.20. The van der Waals surface area contributed by atoms with Crippen molar-refractivity contribution < 1.29 is 9.53 Å². The first kappa shape index (κ1) is 11.6. The van der Waals surface area contributed by atoms with Gasteiger partial charge in [-0.1, -0.05) is 18.2 Å². The standard InChI is InChI=1S/C14H13N3O2/c1-19-14(18)11-8-16-13(9-15-11)17-7-6-10-4-2-3-5-12(10)17/h2-5,8-9H,6-7H2,1H3. The van der Waals surface area contributed by atoms with E-state index in [1.165, 1.54) is 18.9 Å². The van der Waals surface area contributed by atoms with Crippen LogP contribution in [0.25, 0.3) is 0 Å². The summed E-state index contributed by atoms with van der Waals surface area (Å²) in [5.41, 5.74) is 2.68. The van der Waals surface area contributed by atoms with Crippen molar-refractivity contribution in [1.82, 2.24) is 9.97 Å². The number of para-hydroxylation sites is 1. The number of methoxy groups -OCH3 is 1. The summed E-state index contributed by atoms with van der Waals surface area (Å²) >= 11 is 0. The number of carbonyl (C=O) groups excluding carboxylic acids is 1. The van der Waals surface area contributed by atoms with Crippen LogP contribution in [0.3, 0.4) is 0 Å². The van der Waals surface area contributed by atoms with Gasteiger partial charge in [0.25, 0.3) is 0 Å². The van der Waals surface area contributed by atoms with E-state index in [4.69, 9.17) is 0 Å². The Morgan fingerprint density at radius 3 is 2.84 bits per heavy atom. The molecule has 1 aromatic carbocycles. The lowest BCUT2D eigenvalue weighted by molar-refractivity contribution is 0.0593. The molecule has 0 aliphatic carbocycles. The molecule has 0 amide bonds. The minimum Gasteiger partial charge on any atom is -0.464 e. The van der Waals surface area contributed by atoms with E-state index in [0.29, 0.717) is 0 Å². The quantitative estimate of drug-likeness (QED) is 0.768. The Balaban J connectivity index is 1.90. The molecule has 1 aliphatic heterocycles. The number of hydrogen-bond acceptors (Lipinski definition) is 5. The van der Waals surface area contributed by atoms with Crippen LogP contribution in [0.2, 0.25) is 0 Å². The van der Waals surface area contributed by atoms with Gasteiger partial charge in [0.05, 0.1) is 19.5 Å². The van der Waals surface area contributed by atoms with Crippen LogP contribution in [0.5, 0.6) is 0 Å². The topological polar surface area (TPSA) is 55.3 Å². The number of nitrogens with zero attached hydrogens (tertiary/aromatic N) is 3. The van der Waals surface area contributed by atoms with Gasteiger partial charge in [0.15, 0.2) is 11.5 Å².